The van der Waals surface area contributed by atoms with E-state index in [4.69, 9.17) is 10.5 Å². The molecule has 1 saturated carbocycles. The number of ether oxygens (including phenoxy) is 1. The van der Waals surface area contributed by atoms with E-state index in [1.807, 2.05) is 0 Å². The number of alkyl halides is 1. The Bertz CT molecular complexity index is 735. The van der Waals surface area contributed by atoms with Crippen molar-refractivity contribution in [1.82, 2.24) is 4.31 Å². The highest BCUT2D eigenvalue weighted by molar-refractivity contribution is 7.88. The van der Waals surface area contributed by atoms with Crippen LogP contribution in [0.15, 0.2) is 24.3 Å². The number of nitrogens with zero attached hydrogens (tertiary/aromatic N) is 1. The van der Waals surface area contributed by atoms with Crippen LogP contribution in [0.1, 0.15) is 29.6 Å². The molecule has 1 saturated heterocycles. The van der Waals surface area contributed by atoms with Crippen molar-refractivity contribution in [3.8, 4) is 5.75 Å². The van der Waals surface area contributed by atoms with Crippen LogP contribution in [0.3, 0.4) is 0 Å². The van der Waals surface area contributed by atoms with Gasteiger partial charge >= 0.3 is 0 Å². The summed E-state index contributed by atoms with van der Waals surface area (Å²) in [4.78, 5) is 11.5. The number of rotatable bonds is 5. The van der Waals surface area contributed by atoms with Gasteiger partial charge in [0.2, 0.25) is 16.3 Å². The van der Waals surface area contributed by atoms with Gasteiger partial charge < -0.3 is 10.5 Å². The molecule has 0 aromatic heterocycles. The molecule has 132 valence electrons. The Balaban J connectivity index is 1.91. The minimum absolute atomic E-state index is 0.0704. The van der Waals surface area contributed by atoms with E-state index in [1.165, 1.54) is 6.07 Å². The molecule has 3 atom stereocenters. The molecule has 8 heteroatoms. The molecule has 0 radical (unpaired) electrons. The molecule has 0 bridgehead atoms. The number of para-hydroxylation sites is 1. The lowest BCUT2D eigenvalue weighted by atomic mass is 9.89. The number of amides is 1. The van der Waals surface area contributed by atoms with E-state index in [0.717, 1.165) is 23.4 Å². The summed E-state index contributed by atoms with van der Waals surface area (Å²) in [6, 6.07) is 6.37. The smallest absolute Gasteiger partial charge is 0.252 e. The fourth-order valence-electron chi connectivity index (χ4n) is 3.37. The minimum Gasteiger partial charge on any atom is -0.485 e. The first-order valence-corrected chi connectivity index (χ1v) is 9.80. The van der Waals surface area contributed by atoms with Crippen molar-refractivity contribution in [3.63, 3.8) is 0 Å². The van der Waals surface area contributed by atoms with Gasteiger partial charge in [-0.15, -0.1) is 0 Å². The predicted molar refractivity (Wildman–Crippen MR) is 86.7 cm³/mol. The van der Waals surface area contributed by atoms with Crippen LogP contribution in [-0.4, -0.2) is 43.8 Å². The lowest BCUT2D eigenvalue weighted by Crippen LogP contribution is -2.54. The topological polar surface area (TPSA) is 89.7 Å². The summed E-state index contributed by atoms with van der Waals surface area (Å²) in [5.74, 6) is -0.201. The molecule has 6 nitrogen and oxygen atoms in total. The summed E-state index contributed by atoms with van der Waals surface area (Å²) in [5, 5.41) is 0. The number of halogens is 1. The standard InChI is InChI=1S/C16H21FN2O4S/c1-24(21,22)19-9-8-11(10-6-7-10)14(15(19)17)23-13-5-3-2-4-12(13)16(18)20/h2-5,10-11,14-15H,6-9H2,1H3,(H2,18,20)/t11-,14-,15+/m1/s1. The zero-order valence-electron chi connectivity index (χ0n) is 13.4. The zero-order chi connectivity index (χ0) is 17.5. The van der Waals surface area contributed by atoms with Crippen LogP contribution in [0.5, 0.6) is 5.75 Å². The summed E-state index contributed by atoms with van der Waals surface area (Å²) in [7, 11) is -3.67. The number of carbonyl (C=O) groups is 1. The van der Waals surface area contributed by atoms with Gasteiger partial charge in [0.15, 0.2) is 0 Å². The second-order valence-electron chi connectivity index (χ2n) is 6.48. The fraction of sp³-hybridized carbons (Fsp3) is 0.562. The SMILES string of the molecule is CS(=O)(=O)N1CC[C@H](C2CC2)[C@@H](Oc2ccccc2C(N)=O)[C@H]1F. The van der Waals surface area contributed by atoms with Crippen LogP contribution in [0.4, 0.5) is 4.39 Å². The highest BCUT2D eigenvalue weighted by atomic mass is 32.2. The summed E-state index contributed by atoms with van der Waals surface area (Å²) >= 11 is 0. The van der Waals surface area contributed by atoms with Crippen LogP contribution in [0.2, 0.25) is 0 Å². The largest absolute Gasteiger partial charge is 0.485 e. The molecule has 3 rings (SSSR count). The molecule has 1 heterocycles. The normalized spacial score (nSPS) is 28.5. The Morgan fingerprint density at radius 3 is 2.54 bits per heavy atom. The van der Waals surface area contributed by atoms with Gasteiger partial charge in [-0.25, -0.2) is 12.8 Å². The molecule has 1 aromatic rings. The number of hydrogen-bond donors (Lipinski definition) is 1. The summed E-state index contributed by atoms with van der Waals surface area (Å²) in [6.45, 7) is 0.151. The van der Waals surface area contributed by atoms with Gasteiger partial charge in [-0.2, -0.15) is 4.31 Å². The van der Waals surface area contributed by atoms with Crippen molar-refractivity contribution in [2.75, 3.05) is 12.8 Å². The third kappa shape index (κ3) is 3.39. The lowest BCUT2D eigenvalue weighted by Gasteiger charge is -2.40. The number of hydrogen-bond acceptors (Lipinski definition) is 4. The average molecular weight is 356 g/mol. The van der Waals surface area contributed by atoms with Crippen molar-refractivity contribution >= 4 is 15.9 Å². The van der Waals surface area contributed by atoms with Gasteiger partial charge in [0.05, 0.1) is 11.8 Å². The van der Waals surface area contributed by atoms with Gasteiger partial charge in [-0.05, 0) is 37.3 Å². The third-order valence-corrected chi connectivity index (χ3v) is 5.96. The molecule has 1 aromatic carbocycles. The van der Waals surface area contributed by atoms with Gasteiger partial charge in [0.25, 0.3) is 5.91 Å². The molecule has 1 aliphatic carbocycles. The number of sulfonamides is 1. The lowest BCUT2D eigenvalue weighted by molar-refractivity contribution is -0.0457. The summed E-state index contributed by atoms with van der Waals surface area (Å²) in [6.07, 6.45) is 0.801. The molecule has 0 spiro atoms. The van der Waals surface area contributed by atoms with Crippen LogP contribution in [-0.2, 0) is 10.0 Å². The van der Waals surface area contributed by atoms with Crippen molar-refractivity contribution in [2.24, 2.45) is 17.6 Å². The Kier molecular flexibility index (Phi) is 4.52. The molecule has 0 unspecified atom stereocenters. The summed E-state index contributed by atoms with van der Waals surface area (Å²) in [5.41, 5.74) is 5.50. The molecule has 1 amide bonds. The van der Waals surface area contributed by atoms with E-state index in [2.05, 4.69) is 0 Å². The van der Waals surface area contributed by atoms with Crippen LogP contribution in [0.25, 0.3) is 0 Å². The van der Waals surface area contributed by atoms with Crippen molar-refractivity contribution in [2.45, 2.75) is 31.7 Å². The number of nitrogens with two attached hydrogens (primary N) is 1. The molecule has 2 N–H and O–H groups in total. The maximum atomic E-state index is 15.0. The number of carbonyl (C=O) groups excluding carboxylic acids is 1. The predicted octanol–water partition coefficient (Wildman–Crippen LogP) is 1.52. The highest BCUT2D eigenvalue weighted by Gasteiger charge is 2.49. The van der Waals surface area contributed by atoms with Crippen LogP contribution >= 0.6 is 0 Å². The molecule has 2 aliphatic rings. The van der Waals surface area contributed by atoms with E-state index in [-0.39, 0.29) is 23.8 Å². The molecule has 24 heavy (non-hydrogen) atoms. The molecule has 1 aliphatic heterocycles. The quantitative estimate of drug-likeness (QED) is 0.810. The third-order valence-electron chi connectivity index (χ3n) is 4.72. The van der Waals surface area contributed by atoms with E-state index in [9.17, 15) is 17.6 Å². The van der Waals surface area contributed by atoms with E-state index in [0.29, 0.717) is 12.3 Å². The first-order valence-electron chi connectivity index (χ1n) is 7.95. The van der Waals surface area contributed by atoms with Crippen molar-refractivity contribution < 1.29 is 22.3 Å². The highest BCUT2D eigenvalue weighted by Crippen LogP contribution is 2.45. The van der Waals surface area contributed by atoms with Crippen LogP contribution < -0.4 is 10.5 Å². The first kappa shape index (κ1) is 17.2. The molecular weight excluding hydrogens is 335 g/mol. The first-order chi connectivity index (χ1) is 11.3. The monoisotopic (exact) mass is 356 g/mol. The number of benzene rings is 1. The zero-order valence-corrected chi connectivity index (χ0v) is 14.2. The van der Waals surface area contributed by atoms with Gasteiger partial charge in [-0.3, -0.25) is 4.79 Å². The van der Waals surface area contributed by atoms with Gasteiger partial charge in [0, 0.05) is 12.5 Å². The average Bonchev–Trinajstić information content (AvgIpc) is 3.33. The molecular formula is C16H21FN2O4S. The van der Waals surface area contributed by atoms with Crippen molar-refractivity contribution in [3.05, 3.63) is 29.8 Å². The number of primary amides is 1. The Hall–Kier alpha value is -1.67. The van der Waals surface area contributed by atoms with E-state index < -0.39 is 28.3 Å². The summed E-state index contributed by atoms with van der Waals surface area (Å²) < 4.78 is 45.3. The van der Waals surface area contributed by atoms with E-state index >= 15 is 0 Å². The maximum absolute atomic E-state index is 15.0. The minimum atomic E-state index is -3.67. The van der Waals surface area contributed by atoms with Crippen molar-refractivity contribution in [1.29, 1.82) is 0 Å². The Labute approximate surface area is 140 Å². The van der Waals surface area contributed by atoms with Gasteiger partial charge in [-0.1, -0.05) is 12.1 Å². The molecule has 2 fully saturated rings. The van der Waals surface area contributed by atoms with Crippen LogP contribution in [0, 0.1) is 11.8 Å². The second-order valence-corrected chi connectivity index (χ2v) is 8.41. The van der Waals surface area contributed by atoms with Gasteiger partial charge in [0.1, 0.15) is 11.9 Å². The fourth-order valence-corrected chi connectivity index (χ4v) is 4.29. The Morgan fingerprint density at radius 2 is 1.96 bits per heavy atom. The number of piperidine rings is 1. The second kappa shape index (κ2) is 6.33. The maximum Gasteiger partial charge on any atom is 0.252 e. The Morgan fingerprint density at radius 1 is 1.29 bits per heavy atom. The van der Waals surface area contributed by atoms with E-state index in [1.54, 1.807) is 18.2 Å².